The average Bonchev–Trinajstić information content (AvgIpc) is 3.04. The van der Waals surface area contributed by atoms with Gasteiger partial charge in [-0.2, -0.15) is 5.26 Å². The Morgan fingerprint density at radius 1 is 1.39 bits per heavy atom. The Morgan fingerprint density at radius 3 is 3.17 bits per heavy atom. The van der Waals surface area contributed by atoms with E-state index in [1.807, 2.05) is 12.1 Å². The molecule has 1 N–H and O–H groups in total. The van der Waals surface area contributed by atoms with Crippen LogP contribution in [0.5, 0.6) is 11.5 Å². The fourth-order valence-electron chi connectivity index (χ4n) is 2.43. The molecule has 1 aromatic carbocycles. The Balaban J connectivity index is 1.67. The summed E-state index contributed by atoms with van der Waals surface area (Å²) in [5.41, 5.74) is 1.15. The summed E-state index contributed by atoms with van der Waals surface area (Å²) >= 11 is 0. The fraction of sp³-hybridized carbons (Fsp3) is 0.462. The molecule has 2 aliphatic heterocycles. The summed E-state index contributed by atoms with van der Waals surface area (Å²) in [4.78, 5) is 2.30. The third kappa shape index (κ3) is 2.07. The van der Waals surface area contributed by atoms with Gasteiger partial charge in [0.2, 0.25) is 6.79 Å². The average molecular weight is 245 g/mol. The summed E-state index contributed by atoms with van der Waals surface area (Å²) in [6, 6.07) is 8.55. The van der Waals surface area contributed by atoms with Gasteiger partial charge in [0.1, 0.15) is 0 Å². The minimum Gasteiger partial charge on any atom is -0.454 e. The van der Waals surface area contributed by atoms with E-state index >= 15 is 0 Å². The number of fused-ring (bicyclic) bond motifs is 1. The number of hydrogen-bond donors (Lipinski definition) is 1. The number of rotatable bonds is 3. The van der Waals surface area contributed by atoms with Crippen LogP contribution in [0.3, 0.4) is 0 Å². The van der Waals surface area contributed by atoms with Gasteiger partial charge in [-0.1, -0.05) is 0 Å². The van der Waals surface area contributed by atoms with E-state index in [2.05, 4.69) is 22.4 Å². The second-order valence-electron chi connectivity index (χ2n) is 4.51. The number of nitrogens with one attached hydrogen (secondary N) is 1. The molecule has 18 heavy (non-hydrogen) atoms. The van der Waals surface area contributed by atoms with Crippen LogP contribution in [0.2, 0.25) is 0 Å². The van der Waals surface area contributed by atoms with Crippen LogP contribution in [-0.2, 0) is 0 Å². The summed E-state index contributed by atoms with van der Waals surface area (Å²) in [7, 11) is 0. The Morgan fingerprint density at radius 2 is 2.28 bits per heavy atom. The molecule has 2 aliphatic rings. The van der Waals surface area contributed by atoms with Crippen LogP contribution in [0.4, 0.5) is 5.69 Å². The molecule has 2 heterocycles. The third-order valence-corrected chi connectivity index (χ3v) is 3.38. The van der Waals surface area contributed by atoms with Crippen LogP contribution in [0.15, 0.2) is 18.2 Å². The lowest BCUT2D eigenvalue weighted by atomic mass is 10.2. The van der Waals surface area contributed by atoms with Crippen LogP contribution in [0.25, 0.3) is 0 Å². The Labute approximate surface area is 106 Å². The molecule has 3 rings (SSSR count). The molecule has 0 spiro atoms. The molecule has 94 valence electrons. The standard InChI is InChI=1S/C13H15N3O2/c14-4-5-15-10-3-6-16(8-10)11-1-2-12-13(7-11)18-9-17-12/h1-2,7,10,15H,3,5-6,8-9H2. The lowest BCUT2D eigenvalue weighted by Gasteiger charge is -2.19. The van der Waals surface area contributed by atoms with Gasteiger partial charge in [-0.15, -0.1) is 0 Å². The minimum atomic E-state index is 0.311. The monoisotopic (exact) mass is 245 g/mol. The van der Waals surface area contributed by atoms with E-state index < -0.39 is 0 Å². The molecule has 0 aromatic heterocycles. The Bertz CT molecular complexity index is 484. The molecule has 5 heteroatoms. The molecule has 0 aliphatic carbocycles. The lowest BCUT2D eigenvalue weighted by molar-refractivity contribution is 0.174. The second kappa shape index (κ2) is 4.75. The first kappa shape index (κ1) is 11.2. The van der Waals surface area contributed by atoms with Crippen molar-refractivity contribution in [3.63, 3.8) is 0 Å². The first-order valence-corrected chi connectivity index (χ1v) is 6.12. The highest BCUT2D eigenvalue weighted by Gasteiger charge is 2.23. The molecule has 5 nitrogen and oxygen atoms in total. The van der Waals surface area contributed by atoms with Crippen LogP contribution in [0.1, 0.15) is 6.42 Å². The van der Waals surface area contributed by atoms with E-state index in [-0.39, 0.29) is 0 Å². The maximum absolute atomic E-state index is 8.56. The number of anilines is 1. The number of benzene rings is 1. The van der Waals surface area contributed by atoms with E-state index in [0.717, 1.165) is 36.7 Å². The molecule has 0 saturated carbocycles. The fourth-order valence-corrected chi connectivity index (χ4v) is 2.43. The van der Waals surface area contributed by atoms with E-state index in [9.17, 15) is 0 Å². The summed E-state index contributed by atoms with van der Waals surface area (Å²) in [5, 5.41) is 11.8. The molecular formula is C13H15N3O2. The van der Waals surface area contributed by atoms with Gasteiger partial charge in [-0.25, -0.2) is 0 Å². The maximum atomic E-state index is 8.56. The summed E-state index contributed by atoms with van der Waals surface area (Å²) in [6.07, 6.45) is 1.07. The topological polar surface area (TPSA) is 57.5 Å². The molecule has 1 unspecified atom stereocenters. The number of nitrogens with zero attached hydrogens (tertiary/aromatic N) is 2. The van der Waals surface area contributed by atoms with Crippen molar-refractivity contribution in [1.29, 1.82) is 5.26 Å². The minimum absolute atomic E-state index is 0.311. The number of hydrogen-bond acceptors (Lipinski definition) is 5. The Hall–Kier alpha value is -1.93. The summed E-state index contributed by atoms with van der Waals surface area (Å²) in [5.74, 6) is 1.64. The van der Waals surface area contributed by atoms with Gasteiger partial charge in [0, 0.05) is 30.9 Å². The highest BCUT2D eigenvalue weighted by molar-refractivity contribution is 5.57. The zero-order valence-electron chi connectivity index (χ0n) is 10.1. The zero-order valence-corrected chi connectivity index (χ0v) is 10.1. The van der Waals surface area contributed by atoms with Crippen molar-refractivity contribution in [3.05, 3.63) is 18.2 Å². The maximum Gasteiger partial charge on any atom is 0.231 e. The van der Waals surface area contributed by atoms with E-state index in [1.54, 1.807) is 0 Å². The molecule has 1 atom stereocenters. The quantitative estimate of drug-likeness (QED) is 0.808. The van der Waals surface area contributed by atoms with Gasteiger partial charge in [0.25, 0.3) is 0 Å². The summed E-state index contributed by atoms with van der Waals surface area (Å²) < 4.78 is 10.7. The van der Waals surface area contributed by atoms with Gasteiger partial charge in [-0.05, 0) is 18.6 Å². The normalized spacial score (nSPS) is 21.1. The third-order valence-electron chi connectivity index (χ3n) is 3.38. The Kier molecular flexibility index (Phi) is 2.95. The second-order valence-corrected chi connectivity index (χ2v) is 4.51. The molecule has 1 fully saturated rings. The van der Waals surface area contributed by atoms with Crippen molar-refractivity contribution in [1.82, 2.24) is 5.32 Å². The van der Waals surface area contributed by atoms with Gasteiger partial charge < -0.3 is 14.4 Å². The van der Waals surface area contributed by atoms with Crippen LogP contribution in [0, 0.1) is 11.3 Å². The van der Waals surface area contributed by atoms with E-state index in [1.165, 1.54) is 0 Å². The van der Waals surface area contributed by atoms with Crippen molar-refractivity contribution in [2.45, 2.75) is 12.5 Å². The largest absolute Gasteiger partial charge is 0.454 e. The number of ether oxygens (including phenoxy) is 2. The predicted molar refractivity (Wildman–Crippen MR) is 66.8 cm³/mol. The van der Waals surface area contributed by atoms with Crippen molar-refractivity contribution < 1.29 is 9.47 Å². The SMILES string of the molecule is N#CCNC1CCN(c2ccc3c(c2)OCO3)C1. The highest BCUT2D eigenvalue weighted by atomic mass is 16.7. The molecule has 1 aromatic rings. The van der Waals surface area contributed by atoms with Gasteiger partial charge >= 0.3 is 0 Å². The number of nitriles is 1. The van der Waals surface area contributed by atoms with Gasteiger partial charge in [0.15, 0.2) is 11.5 Å². The molecule has 0 radical (unpaired) electrons. The molecule has 0 bridgehead atoms. The zero-order chi connectivity index (χ0) is 12.4. The van der Waals surface area contributed by atoms with Crippen LogP contribution >= 0.6 is 0 Å². The summed E-state index contributed by atoms with van der Waals surface area (Å²) in [6.45, 7) is 2.66. The highest BCUT2D eigenvalue weighted by Crippen LogP contribution is 2.36. The smallest absolute Gasteiger partial charge is 0.231 e. The van der Waals surface area contributed by atoms with Crippen LogP contribution in [-0.4, -0.2) is 32.5 Å². The van der Waals surface area contributed by atoms with Gasteiger partial charge in [-0.3, -0.25) is 5.32 Å². The van der Waals surface area contributed by atoms with Crippen molar-refractivity contribution in [2.75, 3.05) is 31.3 Å². The van der Waals surface area contributed by atoms with Crippen molar-refractivity contribution in [3.8, 4) is 17.6 Å². The van der Waals surface area contributed by atoms with Crippen molar-refractivity contribution >= 4 is 5.69 Å². The van der Waals surface area contributed by atoms with E-state index in [0.29, 0.717) is 19.4 Å². The molecular weight excluding hydrogens is 230 g/mol. The first-order valence-electron chi connectivity index (χ1n) is 6.12. The first-order chi connectivity index (χ1) is 8.86. The van der Waals surface area contributed by atoms with Crippen LogP contribution < -0.4 is 19.7 Å². The predicted octanol–water partition coefficient (Wildman–Crippen LogP) is 1.11. The lowest BCUT2D eigenvalue weighted by Crippen LogP contribution is -2.32. The molecule has 1 saturated heterocycles. The van der Waals surface area contributed by atoms with E-state index in [4.69, 9.17) is 14.7 Å². The van der Waals surface area contributed by atoms with Gasteiger partial charge in [0.05, 0.1) is 12.6 Å². The molecule has 0 amide bonds. The van der Waals surface area contributed by atoms with Crippen molar-refractivity contribution in [2.24, 2.45) is 0 Å².